The minimum absolute atomic E-state index is 0.0166. The van der Waals surface area contributed by atoms with Gasteiger partial charge in [0, 0.05) is 11.6 Å². The Kier molecular flexibility index (Phi) is 3.92. The van der Waals surface area contributed by atoms with Crippen LogP contribution in [0.1, 0.15) is 30.4 Å². The molecule has 1 amide bonds. The Morgan fingerprint density at radius 1 is 1.18 bits per heavy atom. The number of nitrogen functional groups attached to an aromatic ring is 1. The number of anilines is 1. The van der Waals surface area contributed by atoms with Crippen LogP contribution in [0.4, 0.5) is 5.69 Å². The summed E-state index contributed by atoms with van der Waals surface area (Å²) in [5.41, 5.74) is 12.0. The van der Waals surface area contributed by atoms with E-state index in [4.69, 9.17) is 5.73 Å². The second-order valence-electron chi connectivity index (χ2n) is 5.66. The average molecular weight is 293 g/mol. The molecule has 0 spiro atoms. The van der Waals surface area contributed by atoms with Crippen molar-refractivity contribution < 1.29 is 4.79 Å². The number of nitrogens with zero attached hydrogens (tertiary/aromatic N) is 1. The fourth-order valence-electron chi connectivity index (χ4n) is 2.60. The van der Waals surface area contributed by atoms with Crippen LogP contribution in [0.2, 0.25) is 0 Å². The number of nitrogens with one attached hydrogen (secondary N) is 1. The largest absolute Gasteiger partial charge is 0.399 e. The molecule has 2 atom stereocenters. The molecular formula is C18H19N3O. The molecule has 1 fully saturated rings. The molecule has 2 aromatic carbocycles. The lowest BCUT2D eigenvalue weighted by Gasteiger charge is -2.04. The molecule has 4 nitrogen and oxygen atoms in total. The highest BCUT2D eigenvalue weighted by Crippen LogP contribution is 2.47. The molecule has 0 aromatic heterocycles. The summed E-state index contributed by atoms with van der Waals surface area (Å²) >= 11 is 0. The maximum atomic E-state index is 12.1. The van der Waals surface area contributed by atoms with Crippen LogP contribution < -0.4 is 11.2 Å². The highest BCUT2D eigenvalue weighted by atomic mass is 16.2. The number of hydrazone groups is 1. The molecule has 3 N–H and O–H groups in total. The van der Waals surface area contributed by atoms with Gasteiger partial charge in [-0.2, -0.15) is 5.10 Å². The maximum Gasteiger partial charge on any atom is 0.243 e. The van der Waals surface area contributed by atoms with E-state index >= 15 is 0 Å². The van der Waals surface area contributed by atoms with Gasteiger partial charge in [0.2, 0.25) is 5.91 Å². The van der Waals surface area contributed by atoms with E-state index in [9.17, 15) is 4.79 Å². The van der Waals surface area contributed by atoms with E-state index in [2.05, 4.69) is 22.7 Å². The van der Waals surface area contributed by atoms with Crippen molar-refractivity contribution in [2.75, 3.05) is 5.73 Å². The highest BCUT2D eigenvalue weighted by Gasteiger charge is 2.43. The molecule has 0 saturated heterocycles. The third-order valence-corrected chi connectivity index (χ3v) is 3.99. The van der Waals surface area contributed by atoms with Gasteiger partial charge in [0.05, 0.1) is 5.71 Å². The summed E-state index contributed by atoms with van der Waals surface area (Å²) in [5.74, 6) is 0.334. The Bertz CT molecular complexity index is 709. The van der Waals surface area contributed by atoms with Crippen LogP contribution in [0.5, 0.6) is 0 Å². The van der Waals surface area contributed by atoms with Gasteiger partial charge in [0.1, 0.15) is 0 Å². The molecule has 3 rings (SSSR count). The summed E-state index contributed by atoms with van der Waals surface area (Å²) < 4.78 is 0. The van der Waals surface area contributed by atoms with Gasteiger partial charge in [-0.25, -0.2) is 5.43 Å². The maximum absolute atomic E-state index is 12.1. The lowest BCUT2D eigenvalue weighted by Crippen LogP contribution is -2.21. The first kappa shape index (κ1) is 14.3. The highest BCUT2D eigenvalue weighted by molar-refractivity contribution is 6.00. The van der Waals surface area contributed by atoms with Crippen LogP contribution in [-0.2, 0) is 4.79 Å². The van der Waals surface area contributed by atoms with E-state index in [1.165, 1.54) is 5.56 Å². The number of carbonyl (C=O) groups is 1. The van der Waals surface area contributed by atoms with E-state index < -0.39 is 0 Å². The second kappa shape index (κ2) is 6.02. The van der Waals surface area contributed by atoms with Crippen LogP contribution in [0.3, 0.4) is 0 Å². The van der Waals surface area contributed by atoms with E-state index in [-0.39, 0.29) is 11.8 Å². The third kappa shape index (κ3) is 3.17. The van der Waals surface area contributed by atoms with Crippen molar-refractivity contribution >= 4 is 17.3 Å². The van der Waals surface area contributed by atoms with Crippen molar-refractivity contribution in [3.05, 3.63) is 65.7 Å². The number of carbonyl (C=O) groups excluding carboxylic acids is 1. The Morgan fingerprint density at radius 2 is 1.95 bits per heavy atom. The predicted molar refractivity (Wildman–Crippen MR) is 88.5 cm³/mol. The van der Waals surface area contributed by atoms with E-state index in [1.807, 2.05) is 49.4 Å². The van der Waals surface area contributed by atoms with Crippen molar-refractivity contribution in [1.82, 2.24) is 5.43 Å². The summed E-state index contributed by atoms with van der Waals surface area (Å²) in [4.78, 5) is 12.1. The molecule has 0 bridgehead atoms. The fourth-order valence-corrected chi connectivity index (χ4v) is 2.60. The zero-order valence-corrected chi connectivity index (χ0v) is 12.5. The zero-order valence-electron chi connectivity index (χ0n) is 12.5. The molecule has 0 unspecified atom stereocenters. The first-order valence-corrected chi connectivity index (χ1v) is 7.40. The number of nitrogens with two attached hydrogens (primary N) is 1. The van der Waals surface area contributed by atoms with E-state index in [1.54, 1.807) is 0 Å². The van der Waals surface area contributed by atoms with Gasteiger partial charge >= 0.3 is 0 Å². The van der Waals surface area contributed by atoms with Crippen LogP contribution in [0.25, 0.3) is 0 Å². The summed E-state index contributed by atoms with van der Waals surface area (Å²) in [5, 5.41) is 4.19. The third-order valence-electron chi connectivity index (χ3n) is 3.99. The van der Waals surface area contributed by atoms with E-state index in [0.29, 0.717) is 11.6 Å². The predicted octanol–water partition coefficient (Wildman–Crippen LogP) is 2.91. The zero-order chi connectivity index (χ0) is 15.5. The molecular weight excluding hydrogens is 274 g/mol. The van der Waals surface area contributed by atoms with Crippen molar-refractivity contribution in [2.45, 2.75) is 19.3 Å². The molecule has 1 aliphatic rings. The molecule has 2 aromatic rings. The SMILES string of the molecule is C/C(=N/NC(=O)[C@H]1C[C@H]1c1ccccc1)c1cccc(N)c1. The second-order valence-corrected chi connectivity index (χ2v) is 5.66. The Hall–Kier alpha value is -2.62. The van der Waals surface area contributed by atoms with Crippen molar-refractivity contribution in [1.29, 1.82) is 0 Å². The van der Waals surface area contributed by atoms with E-state index in [0.717, 1.165) is 17.7 Å². The van der Waals surface area contributed by atoms with Crippen molar-refractivity contribution in [3.63, 3.8) is 0 Å². The quantitative estimate of drug-likeness (QED) is 0.517. The van der Waals surface area contributed by atoms with Crippen LogP contribution in [0, 0.1) is 5.92 Å². The number of rotatable bonds is 4. The lowest BCUT2D eigenvalue weighted by molar-refractivity contribution is -0.122. The molecule has 1 aliphatic carbocycles. The molecule has 1 saturated carbocycles. The van der Waals surface area contributed by atoms with Crippen LogP contribution in [-0.4, -0.2) is 11.6 Å². The lowest BCUT2D eigenvalue weighted by atomic mass is 10.1. The summed E-state index contributed by atoms with van der Waals surface area (Å²) in [6.07, 6.45) is 0.892. The monoisotopic (exact) mass is 293 g/mol. The number of hydrogen-bond acceptors (Lipinski definition) is 3. The number of amides is 1. The van der Waals surface area contributed by atoms with Gasteiger partial charge in [-0.15, -0.1) is 0 Å². The van der Waals surface area contributed by atoms with Crippen molar-refractivity contribution in [2.24, 2.45) is 11.0 Å². The first-order chi connectivity index (χ1) is 10.6. The molecule has 0 aliphatic heterocycles. The topological polar surface area (TPSA) is 67.5 Å². The minimum Gasteiger partial charge on any atom is -0.399 e. The van der Waals surface area contributed by atoms with Crippen LogP contribution >= 0.6 is 0 Å². The number of benzene rings is 2. The van der Waals surface area contributed by atoms with Gasteiger partial charge in [-0.1, -0.05) is 42.5 Å². The molecule has 0 radical (unpaired) electrons. The smallest absolute Gasteiger partial charge is 0.243 e. The molecule has 4 heteroatoms. The Labute approximate surface area is 130 Å². The minimum atomic E-state index is -0.0166. The molecule has 22 heavy (non-hydrogen) atoms. The first-order valence-electron chi connectivity index (χ1n) is 7.40. The van der Waals surface area contributed by atoms with Gasteiger partial charge in [0.25, 0.3) is 0 Å². The van der Waals surface area contributed by atoms with Gasteiger partial charge in [-0.05, 0) is 42.5 Å². The van der Waals surface area contributed by atoms with Gasteiger partial charge in [0.15, 0.2) is 0 Å². The van der Waals surface area contributed by atoms with Crippen LogP contribution in [0.15, 0.2) is 59.7 Å². The summed E-state index contributed by atoms with van der Waals surface area (Å²) in [6, 6.07) is 17.6. The fraction of sp³-hybridized carbons (Fsp3) is 0.222. The Morgan fingerprint density at radius 3 is 2.68 bits per heavy atom. The average Bonchev–Trinajstić information content (AvgIpc) is 3.34. The van der Waals surface area contributed by atoms with Gasteiger partial charge < -0.3 is 5.73 Å². The molecule has 112 valence electrons. The normalized spacial score (nSPS) is 20.5. The number of hydrogen-bond donors (Lipinski definition) is 2. The summed E-state index contributed by atoms with van der Waals surface area (Å²) in [6.45, 7) is 1.86. The van der Waals surface area contributed by atoms with Gasteiger partial charge in [-0.3, -0.25) is 4.79 Å². The molecule has 0 heterocycles. The van der Waals surface area contributed by atoms with Crippen molar-refractivity contribution in [3.8, 4) is 0 Å². The standard InChI is InChI=1S/C18H19N3O/c1-12(14-8-5-9-15(19)10-14)20-21-18(22)17-11-16(17)13-6-3-2-4-7-13/h2-10,16-17H,11,19H2,1H3,(H,21,22)/b20-12-/t16-,17-/m0/s1. The Balaban J connectivity index is 1.60. The summed E-state index contributed by atoms with van der Waals surface area (Å²) in [7, 11) is 0.